The molecule has 8 heteroatoms. The third kappa shape index (κ3) is 4.64. The Morgan fingerprint density at radius 1 is 0.935 bits per heavy atom. The van der Waals surface area contributed by atoms with E-state index in [9.17, 15) is 18.8 Å². The molecule has 0 radical (unpaired) electrons. The number of halogens is 1. The summed E-state index contributed by atoms with van der Waals surface area (Å²) in [7, 11) is 1.22. The minimum Gasteiger partial charge on any atom is -0.465 e. The fraction of sp³-hybridized carbons (Fsp3) is 0.174. The van der Waals surface area contributed by atoms with Gasteiger partial charge in [-0.1, -0.05) is 18.2 Å². The number of amides is 2. The van der Waals surface area contributed by atoms with Crippen molar-refractivity contribution in [1.29, 1.82) is 0 Å². The number of carbonyl (C=O) groups is 3. The first-order valence-electron chi connectivity index (χ1n) is 9.39. The number of benzene rings is 2. The highest BCUT2D eigenvalue weighted by molar-refractivity contribution is 7.19. The summed E-state index contributed by atoms with van der Waals surface area (Å²) in [5, 5.41) is 5.61. The van der Waals surface area contributed by atoms with Gasteiger partial charge in [0.05, 0.1) is 17.6 Å². The molecule has 0 aliphatic carbocycles. The summed E-state index contributed by atoms with van der Waals surface area (Å²) in [4.78, 5) is 38.2. The van der Waals surface area contributed by atoms with Crippen LogP contribution in [0.1, 0.15) is 47.1 Å². The molecule has 2 amide bonds. The van der Waals surface area contributed by atoms with Gasteiger partial charge in [0.25, 0.3) is 11.8 Å². The van der Waals surface area contributed by atoms with Crippen molar-refractivity contribution in [2.45, 2.75) is 20.8 Å². The van der Waals surface area contributed by atoms with E-state index in [0.717, 1.165) is 28.5 Å². The zero-order chi connectivity index (χ0) is 22.7. The van der Waals surface area contributed by atoms with Crippen LogP contribution >= 0.6 is 11.3 Å². The van der Waals surface area contributed by atoms with Crippen molar-refractivity contribution < 1.29 is 23.5 Å². The van der Waals surface area contributed by atoms with Crippen molar-refractivity contribution in [3.8, 4) is 0 Å². The third-order valence-corrected chi connectivity index (χ3v) is 6.12. The van der Waals surface area contributed by atoms with Crippen molar-refractivity contribution in [3.63, 3.8) is 0 Å². The normalized spacial score (nSPS) is 10.5. The Kier molecular flexibility index (Phi) is 6.50. The number of carbonyl (C=O) groups excluding carboxylic acids is 3. The van der Waals surface area contributed by atoms with Crippen LogP contribution < -0.4 is 10.6 Å². The van der Waals surface area contributed by atoms with Gasteiger partial charge in [0, 0.05) is 11.3 Å². The van der Waals surface area contributed by atoms with Gasteiger partial charge in [0.15, 0.2) is 0 Å². The predicted molar refractivity (Wildman–Crippen MR) is 119 cm³/mol. The quantitative estimate of drug-likeness (QED) is 0.541. The van der Waals surface area contributed by atoms with Gasteiger partial charge < -0.3 is 15.4 Å². The number of nitrogens with one attached hydrogen (secondary N) is 2. The average molecular weight is 440 g/mol. The summed E-state index contributed by atoms with van der Waals surface area (Å²) in [6.07, 6.45) is 0. The molecule has 0 fully saturated rings. The summed E-state index contributed by atoms with van der Waals surface area (Å²) in [6, 6.07) is 10.7. The predicted octanol–water partition coefficient (Wildman–Crippen LogP) is 5.10. The van der Waals surface area contributed by atoms with Crippen LogP contribution in [0.4, 0.5) is 15.1 Å². The molecule has 0 unspecified atom stereocenters. The van der Waals surface area contributed by atoms with Gasteiger partial charge in [-0.25, -0.2) is 9.18 Å². The number of rotatable bonds is 5. The first-order chi connectivity index (χ1) is 14.7. The fourth-order valence-corrected chi connectivity index (χ4v) is 4.12. The maximum Gasteiger partial charge on any atom is 0.341 e. The van der Waals surface area contributed by atoms with Crippen molar-refractivity contribution in [3.05, 3.63) is 81.0 Å². The second kappa shape index (κ2) is 9.09. The maximum absolute atomic E-state index is 13.5. The van der Waals surface area contributed by atoms with Crippen LogP contribution in [-0.2, 0) is 4.74 Å². The third-order valence-electron chi connectivity index (χ3n) is 4.91. The average Bonchev–Trinajstić information content (AvgIpc) is 3.06. The van der Waals surface area contributed by atoms with E-state index in [4.69, 9.17) is 4.74 Å². The van der Waals surface area contributed by atoms with Gasteiger partial charge in [-0.05, 0) is 61.7 Å². The molecule has 0 saturated heterocycles. The first-order valence-corrected chi connectivity index (χ1v) is 10.2. The second-order valence-corrected chi connectivity index (χ2v) is 7.94. The highest BCUT2D eigenvalue weighted by atomic mass is 32.1. The molecule has 160 valence electrons. The Morgan fingerprint density at radius 2 is 1.65 bits per heavy atom. The second-order valence-electron chi connectivity index (χ2n) is 6.92. The molecular formula is C23H21FN2O4S. The van der Waals surface area contributed by atoms with Crippen LogP contribution in [0.3, 0.4) is 0 Å². The Hall–Kier alpha value is -3.52. The highest BCUT2D eigenvalue weighted by Gasteiger charge is 2.27. The molecule has 0 aliphatic rings. The lowest BCUT2D eigenvalue weighted by molar-refractivity contribution is 0.0601. The fourth-order valence-electron chi connectivity index (χ4n) is 3.04. The molecule has 1 aromatic heterocycles. The van der Waals surface area contributed by atoms with E-state index in [1.54, 1.807) is 13.0 Å². The molecule has 0 bridgehead atoms. The molecule has 2 N–H and O–H groups in total. The van der Waals surface area contributed by atoms with E-state index in [1.165, 1.54) is 25.3 Å². The molecule has 0 aliphatic heterocycles. The first kappa shape index (κ1) is 22.2. The lowest BCUT2D eigenvalue weighted by Crippen LogP contribution is -2.14. The largest absolute Gasteiger partial charge is 0.465 e. The van der Waals surface area contributed by atoms with Gasteiger partial charge >= 0.3 is 5.97 Å². The lowest BCUT2D eigenvalue weighted by atomic mass is 10.1. The van der Waals surface area contributed by atoms with Gasteiger partial charge in [0.2, 0.25) is 0 Å². The van der Waals surface area contributed by atoms with Crippen LogP contribution in [0.5, 0.6) is 0 Å². The van der Waals surface area contributed by atoms with Crippen LogP contribution in [0.15, 0.2) is 42.5 Å². The molecule has 0 spiro atoms. The monoisotopic (exact) mass is 440 g/mol. The number of methoxy groups -OCH3 is 1. The molecule has 0 atom stereocenters. The standard InChI is InChI=1S/C23H21FN2O4S/c1-12-7-5-10-17(13(12)2)25-21(28)19-14(3)18(23(29)30-4)22(31-19)26-20(27)15-8-6-9-16(24)11-15/h5-11H,1-4H3,(H,25,28)(H,26,27). The molecule has 3 rings (SSSR count). The van der Waals surface area contributed by atoms with Gasteiger partial charge in [-0.2, -0.15) is 0 Å². The Morgan fingerprint density at radius 3 is 2.32 bits per heavy atom. The summed E-state index contributed by atoms with van der Waals surface area (Å²) in [6.45, 7) is 5.45. The van der Waals surface area contributed by atoms with Crippen LogP contribution in [-0.4, -0.2) is 24.9 Å². The van der Waals surface area contributed by atoms with E-state index in [0.29, 0.717) is 11.3 Å². The van der Waals surface area contributed by atoms with E-state index in [-0.39, 0.29) is 21.0 Å². The minimum atomic E-state index is -0.686. The molecule has 1 heterocycles. The summed E-state index contributed by atoms with van der Waals surface area (Å²) in [5.74, 6) is -2.26. The lowest BCUT2D eigenvalue weighted by Gasteiger charge is -2.10. The smallest absolute Gasteiger partial charge is 0.341 e. The molecule has 3 aromatic rings. The Labute approximate surface area is 183 Å². The van der Waals surface area contributed by atoms with Crippen molar-refractivity contribution >= 4 is 39.8 Å². The van der Waals surface area contributed by atoms with Crippen LogP contribution in [0.25, 0.3) is 0 Å². The molecule has 2 aromatic carbocycles. The number of anilines is 2. The number of thiophene rings is 1. The zero-order valence-corrected chi connectivity index (χ0v) is 18.3. The highest BCUT2D eigenvalue weighted by Crippen LogP contribution is 2.35. The number of ether oxygens (including phenoxy) is 1. The molecular weight excluding hydrogens is 419 g/mol. The van der Waals surface area contributed by atoms with E-state index in [1.807, 2.05) is 26.0 Å². The topological polar surface area (TPSA) is 84.5 Å². The number of hydrogen-bond acceptors (Lipinski definition) is 5. The Balaban J connectivity index is 1.96. The van der Waals surface area contributed by atoms with E-state index in [2.05, 4.69) is 10.6 Å². The molecule has 6 nitrogen and oxygen atoms in total. The molecule has 31 heavy (non-hydrogen) atoms. The number of aryl methyl sites for hydroxylation is 1. The van der Waals surface area contributed by atoms with Crippen molar-refractivity contribution in [2.24, 2.45) is 0 Å². The van der Waals surface area contributed by atoms with Gasteiger partial charge in [0.1, 0.15) is 10.8 Å². The Bertz CT molecular complexity index is 1190. The number of esters is 1. The van der Waals surface area contributed by atoms with E-state index < -0.39 is 23.6 Å². The summed E-state index contributed by atoms with van der Waals surface area (Å²) >= 11 is 0.956. The number of hydrogen-bond donors (Lipinski definition) is 2. The summed E-state index contributed by atoms with van der Waals surface area (Å²) < 4.78 is 18.3. The van der Waals surface area contributed by atoms with Gasteiger partial charge in [-0.15, -0.1) is 11.3 Å². The van der Waals surface area contributed by atoms with Crippen molar-refractivity contribution in [2.75, 3.05) is 17.7 Å². The SMILES string of the molecule is COC(=O)c1c(NC(=O)c2cccc(F)c2)sc(C(=O)Nc2cccc(C)c2C)c1C. The zero-order valence-electron chi connectivity index (χ0n) is 17.5. The van der Waals surface area contributed by atoms with Gasteiger partial charge in [-0.3, -0.25) is 9.59 Å². The van der Waals surface area contributed by atoms with Crippen molar-refractivity contribution in [1.82, 2.24) is 0 Å². The molecule has 0 saturated carbocycles. The maximum atomic E-state index is 13.5. The minimum absolute atomic E-state index is 0.0863. The van der Waals surface area contributed by atoms with Crippen LogP contribution in [0, 0.1) is 26.6 Å². The van der Waals surface area contributed by atoms with E-state index >= 15 is 0 Å². The summed E-state index contributed by atoms with van der Waals surface area (Å²) in [5.41, 5.74) is 3.17. The van der Waals surface area contributed by atoms with Crippen LogP contribution in [0.2, 0.25) is 0 Å².